The maximum atomic E-state index is 13.7. The van der Waals surface area contributed by atoms with Crippen LogP contribution in [0.5, 0.6) is 17.2 Å². The summed E-state index contributed by atoms with van der Waals surface area (Å²) in [5, 5.41) is 15.8. The Labute approximate surface area is 246 Å². The first-order valence-electron chi connectivity index (χ1n) is 14.7. The Morgan fingerprint density at radius 1 is 1.02 bits per heavy atom. The molecule has 226 valence electrons. The summed E-state index contributed by atoms with van der Waals surface area (Å²) in [6, 6.07) is 9.53. The number of nitrogens with zero attached hydrogens (tertiary/aromatic N) is 2. The largest absolute Gasteiger partial charge is 0.487 e. The highest BCUT2D eigenvalue weighted by Gasteiger charge is 2.34. The average molecular weight is 581 g/mol. The van der Waals surface area contributed by atoms with Crippen LogP contribution in [0.2, 0.25) is 0 Å². The lowest BCUT2D eigenvalue weighted by molar-refractivity contribution is -0.120. The van der Waals surface area contributed by atoms with Crippen molar-refractivity contribution in [3.63, 3.8) is 0 Å². The smallest absolute Gasteiger partial charge is 0.321 e. The zero-order valence-corrected chi connectivity index (χ0v) is 24.4. The van der Waals surface area contributed by atoms with E-state index in [0.29, 0.717) is 40.7 Å². The Hall–Kier alpha value is -3.99. The number of hydrogen-bond donors (Lipinski definition) is 3. The number of hydrogen-bond acceptors (Lipinski definition) is 7. The summed E-state index contributed by atoms with van der Waals surface area (Å²) in [6.45, 7) is 4.26. The molecule has 3 N–H and O–H groups in total. The number of rotatable bonds is 7. The molecule has 2 aliphatic heterocycles. The molecule has 3 atom stereocenters. The highest BCUT2D eigenvalue weighted by Crippen LogP contribution is 2.35. The number of amides is 4. The van der Waals surface area contributed by atoms with Crippen molar-refractivity contribution in [2.75, 3.05) is 44.2 Å². The van der Waals surface area contributed by atoms with E-state index in [1.165, 1.54) is 4.90 Å². The van der Waals surface area contributed by atoms with Gasteiger partial charge in [-0.15, -0.1) is 0 Å². The van der Waals surface area contributed by atoms with Gasteiger partial charge in [-0.25, -0.2) is 4.79 Å². The van der Waals surface area contributed by atoms with Gasteiger partial charge < -0.3 is 39.8 Å². The van der Waals surface area contributed by atoms with Gasteiger partial charge in [-0.3, -0.25) is 9.59 Å². The molecule has 42 heavy (non-hydrogen) atoms. The normalized spacial score (nSPS) is 21.0. The number of aliphatic hydroxyl groups excluding tert-OH is 1. The summed E-state index contributed by atoms with van der Waals surface area (Å²) >= 11 is 0. The molecule has 0 bridgehead atoms. The molecule has 0 radical (unpaired) electrons. The van der Waals surface area contributed by atoms with Crippen molar-refractivity contribution in [3.05, 3.63) is 42.0 Å². The van der Waals surface area contributed by atoms with Crippen molar-refractivity contribution in [3.8, 4) is 17.2 Å². The second-order valence-corrected chi connectivity index (χ2v) is 11.5. The number of benzene rings is 2. The van der Waals surface area contributed by atoms with E-state index >= 15 is 0 Å². The van der Waals surface area contributed by atoms with Gasteiger partial charge in [-0.2, -0.15) is 0 Å². The molecule has 2 heterocycles. The molecule has 0 aromatic heterocycles. The number of fused-ring (bicyclic) bond motifs is 2. The van der Waals surface area contributed by atoms with Crippen molar-refractivity contribution in [1.82, 2.24) is 9.80 Å². The second-order valence-electron chi connectivity index (χ2n) is 11.5. The van der Waals surface area contributed by atoms with E-state index < -0.39 is 12.1 Å². The van der Waals surface area contributed by atoms with Crippen molar-refractivity contribution in [1.29, 1.82) is 0 Å². The van der Waals surface area contributed by atoms with E-state index in [-0.39, 0.29) is 49.6 Å². The van der Waals surface area contributed by atoms with Gasteiger partial charge >= 0.3 is 6.03 Å². The van der Waals surface area contributed by atoms with E-state index in [1.54, 1.807) is 55.3 Å². The molecule has 2 aromatic rings. The Kier molecular flexibility index (Phi) is 9.06. The number of aliphatic hydroxyl groups is 1. The molecule has 0 saturated heterocycles. The molecule has 1 saturated carbocycles. The van der Waals surface area contributed by atoms with Gasteiger partial charge in [0.1, 0.15) is 11.9 Å². The van der Waals surface area contributed by atoms with Crippen LogP contribution in [0.3, 0.4) is 0 Å². The van der Waals surface area contributed by atoms with Crippen LogP contribution >= 0.6 is 0 Å². The molecule has 3 aliphatic rings. The lowest BCUT2D eigenvalue weighted by Gasteiger charge is -2.38. The minimum atomic E-state index is -0.458. The molecule has 1 aliphatic carbocycles. The molecule has 1 fully saturated rings. The summed E-state index contributed by atoms with van der Waals surface area (Å²) in [6.07, 6.45) is 4.53. The van der Waals surface area contributed by atoms with Gasteiger partial charge in [0.05, 0.1) is 24.8 Å². The average Bonchev–Trinajstić information content (AvgIpc) is 3.47. The van der Waals surface area contributed by atoms with Crippen LogP contribution in [-0.4, -0.2) is 78.4 Å². The first-order valence-corrected chi connectivity index (χ1v) is 14.7. The Balaban J connectivity index is 1.33. The zero-order valence-electron chi connectivity index (χ0n) is 24.4. The topological polar surface area (TPSA) is 130 Å². The molecule has 0 spiro atoms. The number of ether oxygens (including phenoxy) is 3. The third-order valence-electron chi connectivity index (χ3n) is 8.33. The van der Waals surface area contributed by atoms with Gasteiger partial charge in [-0.05, 0) is 50.1 Å². The number of nitrogens with one attached hydrogen (secondary N) is 2. The monoisotopic (exact) mass is 580 g/mol. The van der Waals surface area contributed by atoms with Crippen molar-refractivity contribution >= 4 is 29.2 Å². The predicted octanol–water partition coefficient (Wildman–Crippen LogP) is 4.32. The van der Waals surface area contributed by atoms with Gasteiger partial charge in [-0.1, -0.05) is 26.2 Å². The van der Waals surface area contributed by atoms with Gasteiger partial charge in [0.15, 0.2) is 11.5 Å². The number of likely N-dealkylation sites (N-methyl/N-ethyl adjacent to an activating group) is 1. The third-order valence-corrected chi connectivity index (χ3v) is 8.33. The van der Waals surface area contributed by atoms with Crippen molar-refractivity contribution in [2.24, 2.45) is 11.8 Å². The fourth-order valence-corrected chi connectivity index (χ4v) is 5.67. The molecule has 2 aromatic carbocycles. The zero-order chi connectivity index (χ0) is 29.8. The van der Waals surface area contributed by atoms with E-state index in [4.69, 9.17) is 14.2 Å². The van der Waals surface area contributed by atoms with E-state index in [2.05, 4.69) is 10.6 Å². The van der Waals surface area contributed by atoms with E-state index in [1.807, 2.05) is 6.92 Å². The molecular weight excluding hydrogens is 540 g/mol. The molecule has 11 nitrogen and oxygen atoms in total. The fraction of sp³-hybridized carbons (Fsp3) is 0.516. The number of carbonyl (C=O) groups is 3. The molecule has 5 rings (SSSR count). The number of urea groups is 1. The van der Waals surface area contributed by atoms with Crippen LogP contribution in [0.4, 0.5) is 16.2 Å². The standard InChI is InChI=1S/C31H40N4O7/c1-19-15-35(20(2)17-36)30(38)24-13-22(32-29(37)21-7-5-4-6-8-21)9-11-25(24)42-28(19)16-34(3)31(39)33-23-10-12-26-27(14-23)41-18-40-26/h9-14,19-21,28,36H,4-8,15-18H2,1-3H3,(H,32,37)(H,33,39)/t19-,20-,28-/m1/s1. The van der Waals surface area contributed by atoms with Crippen LogP contribution < -0.4 is 24.8 Å². The number of anilines is 2. The van der Waals surface area contributed by atoms with Crippen LogP contribution in [-0.2, 0) is 4.79 Å². The van der Waals surface area contributed by atoms with Gasteiger partial charge in [0.2, 0.25) is 12.7 Å². The van der Waals surface area contributed by atoms with Crippen LogP contribution in [0.25, 0.3) is 0 Å². The third kappa shape index (κ3) is 6.56. The maximum Gasteiger partial charge on any atom is 0.321 e. The maximum absolute atomic E-state index is 13.7. The van der Waals surface area contributed by atoms with Crippen molar-refractivity contribution in [2.45, 2.75) is 58.1 Å². The molecule has 0 unspecified atom stereocenters. The fourth-order valence-electron chi connectivity index (χ4n) is 5.67. The highest BCUT2D eigenvalue weighted by molar-refractivity contribution is 6.00. The lowest BCUT2D eigenvalue weighted by Crippen LogP contribution is -2.50. The van der Waals surface area contributed by atoms with Gasteiger partial charge in [0.25, 0.3) is 5.91 Å². The quantitative estimate of drug-likeness (QED) is 0.445. The SMILES string of the molecule is C[C@@H]1CN([C@H](C)CO)C(=O)c2cc(NC(=O)C3CCCCC3)ccc2O[C@@H]1CN(C)C(=O)Nc1ccc2c(c1)OCO2. The minimum Gasteiger partial charge on any atom is -0.487 e. The lowest BCUT2D eigenvalue weighted by atomic mass is 9.88. The van der Waals surface area contributed by atoms with E-state index in [0.717, 1.165) is 32.1 Å². The molecule has 11 heteroatoms. The number of carbonyl (C=O) groups excluding carboxylic acids is 3. The first kappa shape index (κ1) is 29.5. The molecular formula is C31H40N4O7. The van der Waals surface area contributed by atoms with Crippen LogP contribution in [0.15, 0.2) is 36.4 Å². The highest BCUT2D eigenvalue weighted by atomic mass is 16.7. The minimum absolute atomic E-state index is 0.0248. The summed E-state index contributed by atoms with van der Waals surface area (Å²) in [5.41, 5.74) is 1.41. The Morgan fingerprint density at radius 2 is 1.71 bits per heavy atom. The van der Waals surface area contributed by atoms with Crippen LogP contribution in [0.1, 0.15) is 56.3 Å². The Morgan fingerprint density at radius 3 is 2.45 bits per heavy atom. The van der Waals surface area contributed by atoms with Crippen LogP contribution in [0, 0.1) is 11.8 Å². The Bertz CT molecular complexity index is 1310. The first-order chi connectivity index (χ1) is 20.2. The summed E-state index contributed by atoms with van der Waals surface area (Å²) < 4.78 is 17.1. The molecule has 4 amide bonds. The predicted molar refractivity (Wildman–Crippen MR) is 157 cm³/mol. The van der Waals surface area contributed by atoms with E-state index in [9.17, 15) is 19.5 Å². The second kappa shape index (κ2) is 12.9. The van der Waals surface area contributed by atoms with Crippen molar-refractivity contribution < 1.29 is 33.7 Å². The van der Waals surface area contributed by atoms with Gasteiger partial charge in [0, 0.05) is 42.9 Å². The summed E-state index contributed by atoms with van der Waals surface area (Å²) in [5.74, 6) is 1.07. The summed E-state index contributed by atoms with van der Waals surface area (Å²) in [4.78, 5) is 42.9. The summed E-state index contributed by atoms with van der Waals surface area (Å²) in [7, 11) is 1.68.